The molecule has 0 unspecified atom stereocenters. The number of halogens is 3. The van der Waals surface area contributed by atoms with Crippen molar-refractivity contribution in [1.82, 2.24) is 13.7 Å². The molecule has 1 aromatic rings. The van der Waals surface area contributed by atoms with Gasteiger partial charge in [-0.05, 0) is 13.8 Å². The van der Waals surface area contributed by atoms with Crippen LogP contribution in [0.1, 0.15) is 20.3 Å². The van der Waals surface area contributed by atoms with Crippen molar-refractivity contribution in [1.29, 1.82) is 0 Å². The quantitative estimate of drug-likeness (QED) is 0.837. The molecule has 0 amide bonds. The lowest BCUT2D eigenvalue weighted by atomic mass is 10.4. The van der Waals surface area contributed by atoms with Gasteiger partial charge in [-0.3, -0.25) is 0 Å². The predicted molar refractivity (Wildman–Crippen MR) is 71.9 cm³/mol. The van der Waals surface area contributed by atoms with Crippen LogP contribution in [0.3, 0.4) is 0 Å². The van der Waals surface area contributed by atoms with Crippen molar-refractivity contribution in [3.05, 3.63) is 44.6 Å². The summed E-state index contributed by atoms with van der Waals surface area (Å²) in [6.07, 6.45) is -5.91. The first-order valence-electron chi connectivity index (χ1n) is 5.85. The maximum atomic E-state index is 12.3. The van der Waals surface area contributed by atoms with Gasteiger partial charge in [0.25, 0.3) is 0 Å². The number of nitrogens with zero attached hydrogens (tertiary/aromatic N) is 3. The van der Waals surface area contributed by atoms with Crippen molar-refractivity contribution < 1.29 is 13.2 Å². The summed E-state index contributed by atoms with van der Waals surface area (Å²) in [7, 11) is 0. The Morgan fingerprint density at radius 3 is 1.62 bits per heavy atom. The van der Waals surface area contributed by atoms with E-state index in [1.54, 1.807) is 0 Å². The molecule has 0 atom stereocenters. The van der Waals surface area contributed by atoms with Crippen molar-refractivity contribution >= 4 is 11.4 Å². The topological polar surface area (TPSA) is 66.0 Å². The van der Waals surface area contributed by atoms with E-state index in [0.717, 1.165) is 0 Å². The Kier molecular flexibility index (Phi) is 4.45. The molecule has 0 spiro atoms. The van der Waals surface area contributed by atoms with Crippen LogP contribution in [0.5, 0.6) is 0 Å². The minimum absolute atomic E-state index is 0.0132. The number of allylic oxidation sites excluding steroid dienone is 2. The molecular formula is C12H14F3N3O3. The number of alkyl halides is 3. The molecule has 1 rings (SSSR count). The Balaban J connectivity index is 3.69. The third kappa shape index (κ3) is 3.41. The molecule has 0 aromatic carbocycles. The highest BCUT2D eigenvalue weighted by atomic mass is 19.4. The van der Waals surface area contributed by atoms with Gasteiger partial charge < -0.3 is 0 Å². The van der Waals surface area contributed by atoms with Crippen LogP contribution in [0.15, 0.2) is 27.5 Å². The Hall–Kier alpha value is -2.32. The van der Waals surface area contributed by atoms with Crippen LogP contribution < -0.4 is 17.1 Å². The minimum Gasteiger partial charge on any atom is -0.247 e. The summed E-state index contributed by atoms with van der Waals surface area (Å²) in [4.78, 5) is 36.0. The summed E-state index contributed by atoms with van der Waals surface area (Å²) in [5.41, 5.74) is -3.34. The van der Waals surface area contributed by atoms with E-state index in [1.807, 2.05) is 0 Å². The Labute approximate surface area is 117 Å². The maximum Gasteiger partial charge on any atom is 0.390 e. The van der Waals surface area contributed by atoms with Crippen molar-refractivity contribution in [3.63, 3.8) is 0 Å². The zero-order valence-electron chi connectivity index (χ0n) is 11.5. The van der Waals surface area contributed by atoms with Crippen molar-refractivity contribution in [2.45, 2.75) is 33.0 Å². The summed E-state index contributed by atoms with van der Waals surface area (Å²) in [6.45, 7) is 8.58. The molecule has 0 aliphatic heterocycles. The van der Waals surface area contributed by atoms with Crippen molar-refractivity contribution in [2.75, 3.05) is 0 Å². The number of hydrogen-bond donors (Lipinski definition) is 0. The molecule has 1 aromatic heterocycles. The fraction of sp³-hybridized carbons (Fsp3) is 0.417. The number of aromatic nitrogens is 3. The summed E-state index contributed by atoms with van der Waals surface area (Å²) in [5, 5.41) is 0. The van der Waals surface area contributed by atoms with Gasteiger partial charge in [-0.2, -0.15) is 13.2 Å². The molecule has 116 valence electrons. The van der Waals surface area contributed by atoms with E-state index in [4.69, 9.17) is 0 Å². The van der Waals surface area contributed by atoms with Crippen LogP contribution in [0.2, 0.25) is 0 Å². The molecule has 0 saturated heterocycles. The van der Waals surface area contributed by atoms with Gasteiger partial charge in [-0.25, -0.2) is 28.1 Å². The van der Waals surface area contributed by atoms with Crippen LogP contribution in [-0.4, -0.2) is 19.9 Å². The first kappa shape index (κ1) is 16.7. The fourth-order valence-corrected chi connectivity index (χ4v) is 1.67. The van der Waals surface area contributed by atoms with Crippen molar-refractivity contribution in [3.8, 4) is 0 Å². The first-order valence-corrected chi connectivity index (χ1v) is 5.85. The lowest BCUT2D eigenvalue weighted by molar-refractivity contribution is -0.137. The standard InChI is InChI=1S/C12H14F3N3O3/c1-7(2)17-9(19)16(6-5-12(13,14)15)10(20)18(8(3)4)11(17)21/h1,3,5-6H2,2,4H3. The predicted octanol–water partition coefficient (Wildman–Crippen LogP) is 1.11. The smallest absolute Gasteiger partial charge is 0.247 e. The van der Waals surface area contributed by atoms with E-state index >= 15 is 0 Å². The molecule has 6 nitrogen and oxygen atoms in total. The van der Waals surface area contributed by atoms with E-state index in [1.165, 1.54) is 13.8 Å². The number of hydrogen-bond acceptors (Lipinski definition) is 3. The highest BCUT2D eigenvalue weighted by molar-refractivity contribution is 5.40. The lowest BCUT2D eigenvalue weighted by Crippen LogP contribution is -2.53. The second-order valence-electron chi connectivity index (χ2n) is 4.51. The normalized spacial score (nSPS) is 11.5. The third-order valence-corrected chi connectivity index (χ3v) is 2.61. The molecule has 21 heavy (non-hydrogen) atoms. The van der Waals surface area contributed by atoms with E-state index in [2.05, 4.69) is 13.2 Å². The SMILES string of the molecule is C=C(C)n1c(=O)n(CCC(F)(F)F)c(=O)n(C(=C)C)c1=O. The molecule has 0 fully saturated rings. The summed E-state index contributed by atoms with van der Waals surface area (Å²) in [5.74, 6) is 0. The molecule has 1 heterocycles. The minimum atomic E-state index is -4.54. The average molecular weight is 305 g/mol. The third-order valence-electron chi connectivity index (χ3n) is 2.61. The summed E-state index contributed by atoms with van der Waals surface area (Å²) < 4.78 is 38.2. The Bertz CT molecular complexity index is 713. The second kappa shape index (κ2) is 5.58. The zero-order chi connectivity index (χ0) is 16.5. The van der Waals surface area contributed by atoms with Gasteiger partial charge in [0.1, 0.15) is 0 Å². The fourth-order valence-electron chi connectivity index (χ4n) is 1.67. The molecule has 0 N–H and O–H groups in total. The zero-order valence-corrected chi connectivity index (χ0v) is 11.5. The summed E-state index contributed by atoms with van der Waals surface area (Å²) >= 11 is 0. The van der Waals surface area contributed by atoms with E-state index < -0.39 is 36.2 Å². The molecule has 0 saturated carbocycles. The van der Waals surface area contributed by atoms with Gasteiger partial charge in [0.05, 0.1) is 6.42 Å². The van der Waals surface area contributed by atoms with Crippen LogP contribution in [0.25, 0.3) is 11.4 Å². The Morgan fingerprint density at radius 1 is 0.952 bits per heavy atom. The van der Waals surface area contributed by atoms with Gasteiger partial charge in [-0.15, -0.1) is 0 Å². The van der Waals surface area contributed by atoms with E-state index in [9.17, 15) is 27.6 Å². The van der Waals surface area contributed by atoms with E-state index in [0.29, 0.717) is 13.7 Å². The molecule has 9 heteroatoms. The van der Waals surface area contributed by atoms with Gasteiger partial charge in [0.15, 0.2) is 0 Å². The highest BCUT2D eigenvalue weighted by Gasteiger charge is 2.28. The first-order chi connectivity index (χ1) is 9.47. The van der Waals surface area contributed by atoms with Gasteiger partial charge in [-0.1, -0.05) is 13.2 Å². The van der Waals surface area contributed by atoms with Crippen LogP contribution in [-0.2, 0) is 6.54 Å². The maximum absolute atomic E-state index is 12.3. The van der Waals surface area contributed by atoms with Crippen LogP contribution in [0, 0.1) is 0 Å². The molecular weight excluding hydrogens is 291 g/mol. The Morgan fingerprint density at radius 2 is 1.33 bits per heavy atom. The second-order valence-corrected chi connectivity index (χ2v) is 4.51. The molecule has 0 bridgehead atoms. The van der Waals surface area contributed by atoms with Crippen molar-refractivity contribution in [2.24, 2.45) is 0 Å². The lowest BCUT2D eigenvalue weighted by Gasteiger charge is -2.14. The summed E-state index contributed by atoms with van der Waals surface area (Å²) in [6, 6.07) is 0. The van der Waals surface area contributed by atoms with Crippen LogP contribution in [0.4, 0.5) is 13.2 Å². The molecule has 0 radical (unpaired) electrons. The number of rotatable bonds is 4. The molecule has 0 aliphatic carbocycles. The monoisotopic (exact) mass is 305 g/mol. The van der Waals surface area contributed by atoms with E-state index in [-0.39, 0.29) is 11.4 Å². The van der Waals surface area contributed by atoms with Gasteiger partial charge in [0, 0.05) is 17.9 Å². The van der Waals surface area contributed by atoms with Gasteiger partial charge >= 0.3 is 23.2 Å². The largest absolute Gasteiger partial charge is 0.390 e. The highest BCUT2D eigenvalue weighted by Crippen LogP contribution is 2.19. The van der Waals surface area contributed by atoms with Gasteiger partial charge in [0.2, 0.25) is 0 Å². The van der Waals surface area contributed by atoms with Crippen LogP contribution >= 0.6 is 0 Å². The molecule has 0 aliphatic rings. The average Bonchev–Trinajstić information content (AvgIpc) is 2.25.